The molecular formula is C22H25N5O3S2. The second-order valence-electron chi connectivity index (χ2n) is 7.61. The summed E-state index contributed by atoms with van der Waals surface area (Å²) in [4.78, 5) is 4.74. The van der Waals surface area contributed by atoms with Gasteiger partial charge < -0.3 is 8.98 Å². The molecule has 32 heavy (non-hydrogen) atoms. The number of rotatable bonds is 6. The van der Waals surface area contributed by atoms with Gasteiger partial charge in [-0.1, -0.05) is 17.8 Å². The highest BCUT2D eigenvalue weighted by Gasteiger charge is 2.20. The van der Waals surface area contributed by atoms with Crippen molar-refractivity contribution in [3.8, 4) is 0 Å². The van der Waals surface area contributed by atoms with E-state index in [-0.39, 0.29) is 4.90 Å². The van der Waals surface area contributed by atoms with Crippen LogP contribution in [0.25, 0.3) is 0 Å². The van der Waals surface area contributed by atoms with E-state index in [1.165, 1.54) is 30.2 Å². The second kappa shape index (κ2) is 8.97. The van der Waals surface area contributed by atoms with Crippen LogP contribution in [-0.4, -0.2) is 48.0 Å². The minimum absolute atomic E-state index is 0.207. The van der Waals surface area contributed by atoms with Crippen molar-refractivity contribution in [2.45, 2.75) is 25.3 Å². The summed E-state index contributed by atoms with van der Waals surface area (Å²) in [6, 6.07) is 12.6. The van der Waals surface area contributed by atoms with E-state index in [0.717, 1.165) is 28.4 Å². The van der Waals surface area contributed by atoms with Crippen LogP contribution in [0.3, 0.4) is 0 Å². The summed E-state index contributed by atoms with van der Waals surface area (Å²) in [6.45, 7) is 4.83. The first-order chi connectivity index (χ1) is 15.3. The number of aliphatic imine (C=N–C) groups is 1. The fourth-order valence-electron chi connectivity index (χ4n) is 3.45. The van der Waals surface area contributed by atoms with Gasteiger partial charge >= 0.3 is 0 Å². The van der Waals surface area contributed by atoms with Crippen LogP contribution in [0, 0.1) is 13.8 Å². The molecule has 168 valence electrons. The Morgan fingerprint density at radius 3 is 2.69 bits per heavy atom. The summed E-state index contributed by atoms with van der Waals surface area (Å²) >= 11 is 1.53. The molecule has 0 spiro atoms. The van der Waals surface area contributed by atoms with Gasteiger partial charge in [-0.05, 0) is 50.2 Å². The fraction of sp³-hybridized carbons (Fsp3) is 0.273. The molecule has 0 saturated carbocycles. The van der Waals surface area contributed by atoms with Crippen LogP contribution in [0.15, 0.2) is 68.1 Å². The third-order valence-corrected chi connectivity index (χ3v) is 7.92. The van der Waals surface area contributed by atoms with E-state index in [0.29, 0.717) is 23.2 Å². The minimum Gasteiger partial charge on any atom is -0.467 e. The molecule has 0 saturated heterocycles. The van der Waals surface area contributed by atoms with Crippen LogP contribution >= 0.6 is 11.8 Å². The van der Waals surface area contributed by atoms with Crippen molar-refractivity contribution in [1.82, 2.24) is 14.3 Å². The summed E-state index contributed by atoms with van der Waals surface area (Å²) < 4.78 is 33.6. The Morgan fingerprint density at radius 2 is 2.03 bits per heavy atom. The SMILES string of the molecule is Cc1cc(C2=NNC(=Nc3cccc(S(=O)(=O)N(C)C)c3)SC2)c(C)n1Cc1ccco1. The molecule has 0 radical (unpaired) electrons. The van der Waals surface area contributed by atoms with Crippen LogP contribution in [0.5, 0.6) is 0 Å². The van der Waals surface area contributed by atoms with E-state index in [1.54, 1.807) is 30.5 Å². The third-order valence-electron chi connectivity index (χ3n) is 5.24. The Hall–Kier alpha value is -2.82. The number of aryl methyl sites for hydroxylation is 1. The summed E-state index contributed by atoms with van der Waals surface area (Å²) in [5, 5.41) is 5.16. The third kappa shape index (κ3) is 4.52. The van der Waals surface area contributed by atoms with Crippen LogP contribution in [0.2, 0.25) is 0 Å². The molecule has 0 atom stereocenters. The molecular weight excluding hydrogens is 446 g/mol. The van der Waals surface area contributed by atoms with Crippen LogP contribution in [0.1, 0.15) is 22.7 Å². The topological polar surface area (TPSA) is 92.2 Å². The van der Waals surface area contributed by atoms with E-state index < -0.39 is 10.0 Å². The Kier molecular flexibility index (Phi) is 6.27. The maximum absolute atomic E-state index is 12.4. The zero-order chi connectivity index (χ0) is 22.9. The number of sulfonamides is 1. The molecule has 0 amide bonds. The Morgan fingerprint density at radius 1 is 1.22 bits per heavy atom. The number of hydrogen-bond donors (Lipinski definition) is 1. The summed E-state index contributed by atoms with van der Waals surface area (Å²) in [7, 11) is -0.494. The Labute approximate surface area is 192 Å². The highest BCUT2D eigenvalue weighted by Crippen LogP contribution is 2.24. The molecule has 0 bridgehead atoms. The first-order valence-corrected chi connectivity index (χ1v) is 12.4. The zero-order valence-electron chi connectivity index (χ0n) is 18.4. The van der Waals surface area contributed by atoms with Crippen molar-refractivity contribution in [2.75, 3.05) is 19.8 Å². The molecule has 4 rings (SSSR count). The van der Waals surface area contributed by atoms with Gasteiger partial charge in [-0.2, -0.15) is 5.10 Å². The van der Waals surface area contributed by atoms with Gasteiger partial charge in [-0.3, -0.25) is 5.43 Å². The van der Waals surface area contributed by atoms with Gasteiger partial charge in [0.15, 0.2) is 5.17 Å². The monoisotopic (exact) mass is 471 g/mol. The van der Waals surface area contributed by atoms with Crippen molar-refractivity contribution >= 4 is 38.4 Å². The number of hydrazone groups is 1. The average Bonchev–Trinajstić information content (AvgIpc) is 3.38. The molecule has 8 nitrogen and oxygen atoms in total. The van der Waals surface area contributed by atoms with Crippen molar-refractivity contribution in [3.63, 3.8) is 0 Å². The molecule has 1 aromatic carbocycles. The van der Waals surface area contributed by atoms with Crippen molar-refractivity contribution in [3.05, 3.63) is 71.4 Å². The molecule has 10 heteroatoms. The number of nitrogens with one attached hydrogen (secondary N) is 1. The van der Waals surface area contributed by atoms with E-state index in [4.69, 9.17) is 4.42 Å². The molecule has 1 aliphatic rings. The summed E-state index contributed by atoms with van der Waals surface area (Å²) in [5.41, 5.74) is 7.86. The Balaban J connectivity index is 1.53. The normalized spacial score (nSPS) is 15.8. The van der Waals surface area contributed by atoms with Gasteiger partial charge in [0.25, 0.3) is 0 Å². The van der Waals surface area contributed by atoms with Crippen molar-refractivity contribution in [2.24, 2.45) is 10.1 Å². The molecule has 3 aromatic rings. The summed E-state index contributed by atoms with van der Waals surface area (Å²) in [6.07, 6.45) is 1.68. The zero-order valence-corrected chi connectivity index (χ0v) is 20.0. The molecule has 0 aliphatic carbocycles. The van der Waals surface area contributed by atoms with Crippen LogP contribution < -0.4 is 5.43 Å². The lowest BCUT2D eigenvalue weighted by Crippen LogP contribution is -2.25. The van der Waals surface area contributed by atoms with Crippen molar-refractivity contribution in [1.29, 1.82) is 0 Å². The summed E-state index contributed by atoms with van der Waals surface area (Å²) in [5.74, 6) is 1.57. The van der Waals surface area contributed by atoms with Gasteiger partial charge in [-0.25, -0.2) is 17.7 Å². The van der Waals surface area contributed by atoms with E-state index >= 15 is 0 Å². The van der Waals surface area contributed by atoms with Gasteiger partial charge in [0, 0.05) is 36.8 Å². The quantitative estimate of drug-likeness (QED) is 0.592. The van der Waals surface area contributed by atoms with Gasteiger partial charge in [0.1, 0.15) is 5.76 Å². The largest absolute Gasteiger partial charge is 0.467 e. The lowest BCUT2D eigenvalue weighted by atomic mass is 10.1. The van der Waals surface area contributed by atoms with Crippen LogP contribution in [-0.2, 0) is 16.6 Å². The molecule has 1 aliphatic heterocycles. The van der Waals surface area contributed by atoms with E-state index in [2.05, 4.69) is 40.0 Å². The maximum Gasteiger partial charge on any atom is 0.242 e. The maximum atomic E-state index is 12.4. The Bertz CT molecular complexity index is 1290. The average molecular weight is 472 g/mol. The number of benzene rings is 1. The fourth-order valence-corrected chi connectivity index (χ4v) is 5.16. The van der Waals surface area contributed by atoms with E-state index in [9.17, 15) is 8.42 Å². The van der Waals surface area contributed by atoms with Crippen LogP contribution in [0.4, 0.5) is 5.69 Å². The van der Waals surface area contributed by atoms with Gasteiger partial charge in [-0.15, -0.1) is 0 Å². The number of thioether (sulfide) groups is 1. The first-order valence-electron chi connectivity index (χ1n) is 10.0. The first kappa shape index (κ1) is 22.4. The van der Waals surface area contributed by atoms with Crippen molar-refractivity contribution < 1.29 is 12.8 Å². The number of nitrogens with zero attached hydrogens (tertiary/aromatic N) is 4. The number of furan rings is 1. The van der Waals surface area contributed by atoms with E-state index in [1.807, 2.05) is 12.1 Å². The smallest absolute Gasteiger partial charge is 0.242 e. The number of amidine groups is 1. The number of hydrogen-bond acceptors (Lipinski definition) is 6. The predicted molar refractivity (Wildman–Crippen MR) is 128 cm³/mol. The minimum atomic E-state index is -3.51. The standard InChI is InChI=1S/C22H25N5O3S2/c1-15-11-20(16(2)27(15)13-18-8-6-10-30-18)21-14-31-22(25-24-21)23-17-7-5-9-19(12-17)32(28,29)26(3)4/h5-12H,13-14H2,1-4H3,(H,23,25). The number of aromatic nitrogens is 1. The lowest BCUT2D eigenvalue weighted by Gasteiger charge is -2.15. The van der Waals surface area contributed by atoms with Gasteiger partial charge in [0.2, 0.25) is 10.0 Å². The lowest BCUT2D eigenvalue weighted by molar-refractivity contribution is 0.489. The second-order valence-corrected chi connectivity index (χ2v) is 10.7. The molecule has 0 fully saturated rings. The molecule has 2 aromatic heterocycles. The molecule has 3 heterocycles. The molecule has 1 N–H and O–H groups in total. The molecule has 0 unspecified atom stereocenters. The predicted octanol–water partition coefficient (Wildman–Crippen LogP) is 3.72. The van der Waals surface area contributed by atoms with Gasteiger partial charge in [0.05, 0.1) is 29.1 Å². The highest BCUT2D eigenvalue weighted by atomic mass is 32.2. The highest BCUT2D eigenvalue weighted by molar-refractivity contribution is 8.14.